The highest BCUT2D eigenvalue weighted by Crippen LogP contribution is 2.41. The minimum Gasteiger partial charge on any atom is -0.479 e. The van der Waals surface area contributed by atoms with Crippen molar-refractivity contribution in [1.29, 1.82) is 0 Å². The van der Waals surface area contributed by atoms with Gasteiger partial charge in [0, 0.05) is 22.8 Å². The summed E-state index contributed by atoms with van der Waals surface area (Å²) in [6.07, 6.45) is -6.07. The molecule has 0 spiro atoms. The van der Waals surface area contributed by atoms with E-state index in [0.29, 0.717) is 6.08 Å². The zero-order chi connectivity index (χ0) is 25.9. The average Bonchev–Trinajstić information content (AvgIpc) is 3.18. The van der Waals surface area contributed by atoms with Crippen LogP contribution in [0.25, 0.3) is 0 Å². The lowest BCUT2D eigenvalue weighted by Crippen LogP contribution is -2.70. The Kier molecular flexibility index (Phi) is 7.54. The molecule has 0 radical (unpaired) electrons. The van der Waals surface area contributed by atoms with Crippen molar-refractivity contribution >= 4 is 57.9 Å². The second-order valence-electron chi connectivity index (χ2n) is 6.61. The van der Waals surface area contributed by atoms with E-state index >= 15 is 0 Å². The number of carboxylic acids is 1. The fourth-order valence-corrected chi connectivity index (χ4v) is 4.69. The van der Waals surface area contributed by atoms with Crippen molar-refractivity contribution in [2.24, 2.45) is 5.16 Å². The number of anilines is 1. The van der Waals surface area contributed by atoms with Crippen LogP contribution in [-0.2, 0) is 24.0 Å². The number of amides is 2. The Morgan fingerprint density at radius 3 is 2.66 bits per heavy atom. The second kappa shape index (κ2) is 10.2. The van der Waals surface area contributed by atoms with E-state index in [4.69, 9.17) is 15.9 Å². The number of nitrogens with zero attached hydrogens (tertiary/aromatic N) is 3. The van der Waals surface area contributed by atoms with Crippen LogP contribution in [0, 0.1) is 0 Å². The lowest BCUT2D eigenvalue weighted by molar-refractivity contribution is -0.148. The van der Waals surface area contributed by atoms with E-state index in [9.17, 15) is 32.3 Å². The molecule has 188 valence electrons. The fraction of sp³-hybridized carbons (Fsp3) is 0.294. The number of thiazole rings is 1. The lowest BCUT2D eigenvalue weighted by Gasteiger charge is -2.48. The first-order chi connectivity index (χ1) is 16.4. The molecule has 1 unspecified atom stereocenters. The van der Waals surface area contributed by atoms with Gasteiger partial charge in [0.2, 0.25) is 12.5 Å². The number of carboxylic acid groups (broad SMARTS) is 2. The van der Waals surface area contributed by atoms with Crippen LogP contribution in [0.5, 0.6) is 0 Å². The molecule has 3 rings (SSSR count). The van der Waals surface area contributed by atoms with Crippen LogP contribution in [-0.4, -0.2) is 79.7 Å². The summed E-state index contributed by atoms with van der Waals surface area (Å²) in [6.45, 7) is -0.875. The van der Waals surface area contributed by atoms with E-state index in [1.165, 1.54) is 5.38 Å². The number of halogens is 3. The van der Waals surface area contributed by atoms with Gasteiger partial charge >= 0.3 is 18.3 Å². The van der Waals surface area contributed by atoms with Crippen molar-refractivity contribution in [3.05, 3.63) is 34.7 Å². The summed E-state index contributed by atoms with van der Waals surface area (Å²) >= 11 is 1.90. The summed E-state index contributed by atoms with van der Waals surface area (Å²) in [6, 6.07) is -1.24. The largest absolute Gasteiger partial charge is 0.512 e. The fourth-order valence-electron chi connectivity index (χ4n) is 2.85. The molecule has 35 heavy (non-hydrogen) atoms. The number of rotatable bonds is 8. The van der Waals surface area contributed by atoms with Gasteiger partial charge in [0.25, 0.3) is 11.8 Å². The summed E-state index contributed by atoms with van der Waals surface area (Å²) in [5.41, 5.74) is 4.78. The van der Waals surface area contributed by atoms with Gasteiger partial charge in [0.15, 0.2) is 10.8 Å². The van der Waals surface area contributed by atoms with Crippen molar-refractivity contribution in [3.63, 3.8) is 0 Å². The van der Waals surface area contributed by atoms with E-state index in [1.54, 1.807) is 0 Å². The van der Waals surface area contributed by atoms with Crippen molar-refractivity contribution in [2.75, 3.05) is 18.1 Å². The number of carbonyl (C=O) groups is 4. The van der Waals surface area contributed by atoms with Crippen molar-refractivity contribution in [1.82, 2.24) is 15.2 Å². The van der Waals surface area contributed by atoms with E-state index in [2.05, 4.69) is 25.0 Å². The number of thioether (sulfide) groups is 1. The number of hydrogen-bond donors (Lipinski definition) is 4. The highest BCUT2D eigenvalue weighted by molar-refractivity contribution is 8.00. The van der Waals surface area contributed by atoms with Crippen LogP contribution >= 0.6 is 23.1 Å². The van der Waals surface area contributed by atoms with E-state index < -0.39 is 59.7 Å². The first kappa shape index (κ1) is 25.8. The number of fused-ring (bicyclic) bond motifs is 1. The maximum absolute atomic E-state index is 12.8. The Hall–Kier alpha value is -3.80. The summed E-state index contributed by atoms with van der Waals surface area (Å²) in [4.78, 5) is 56.5. The number of β-lactam (4-membered cyclic amide) rings is 1. The zero-order valence-electron chi connectivity index (χ0n) is 17.0. The highest BCUT2D eigenvalue weighted by Gasteiger charge is 2.54. The average molecular weight is 537 g/mol. The molecule has 0 aromatic carbocycles. The van der Waals surface area contributed by atoms with Gasteiger partial charge in [-0.25, -0.2) is 14.6 Å². The van der Waals surface area contributed by atoms with Gasteiger partial charge in [-0.15, -0.1) is 23.1 Å². The molecule has 2 aliphatic heterocycles. The highest BCUT2D eigenvalue weighted by atomic mass is 32.2. The lowest BCUT2D eigenvalue weighted by atomic mass is 10.1. The molecule has 1 fully saturated rings. The summed E-state index contributed by atoms with van der Waals surface area (Å²) in [7, 11) is 0. The number of allylic oxidation sites excluding steroid dienone is 2. The number of aromatic nitrogens is 1. The van der Waals surface area contributed by atoms with Crippen molar-refractivity contribution in [3.8, 4) is 0 Å². The SMILES string of the molecule is Nc1nc(C(=NOCC(=O)O)C(=O)NC2C(=O)N3C(OC(=O)O)=C(C=CC(F)(F)F)CS[C@@H]23)cs1. The molecule has 2 aliphatic rings. The number of nitrogen functional groups attached to an aromatic ring is 1. The molecule has 0 aliphatic carbocycles. The summed E-state index contributed by atoms with van der Waals surface area (Å²) in [5, 5.41) is 23.9. The second-order valence-corrected chi connectivity index (χ2v) is 8.61. The number of nitrogens with two attached hydrogens (primary N) is 1. The number of alkyl halides is 3. The number of carbonyl (C=O) groups excluding carboxylic acids is 2. The Morgan fingerprint density at radius 2 is 2.09 bits per heavy atom. The minimum atomic E-state index is -4.68. The number of hydrogen-bond acceptors (Lipinski definition) is 11. The molecule has 2 amide bonds. The van der Waals surface area contributed by atoms with Crippen LogP contribution < -0.4 is 11.1 Å². The van der Waals surface area contributed by atoms with Crippen LogP contribution in [0.15, 0.2) is 34.1 Å². The maximum Gasteiger partial charge on any atom is 0.512 e. The van der Waals surface area contributed by atoms with Gasteiger partial charge in [-0.3, -0.25) is 14.5 Å². The molecule has 1 aromatic rings. The van der Waals surface area contributed by atoms with Gasteiger partial charge in [-0.2, -0.15) is 13.2 Å². The third-order valence-corrected chi connectivity index (χ3v) is 6.19. The van der Waals surface area contributed by atoms with E-state index in [-0.39, 0.29) is 28.2 Å². The molecule has 13 nitrogen and oxygen atoms in total. The van der Waals surface area contributed by atoms with E-state index in [1.807, 2.05) is 0 Å². The first-order valence-corrected chi connectivity index (χ1v) is 11.1. The number of ether oxygens (including phenoxy) is 1. The first-order valence-electron chi connectivity index (χ1n) is 9.16. The summed E-state index contributed by atoms with van der Waals surface area (Å²) < 4.78 is 42.2. The molecule has 0 bridgehead atoms. The van der Waals surface area contributed by atoms with Crippen molar-refractivity contribution < 1.29 is 52.1 Å². The van der Waals surface area contributed by atoms with Crippen LogP contribution in [0.2, 0.25) is 0 Å². The Labute approximate surface area is 201 Å². The van der Waals surface area contributed by atoms with Crippen molar-refractivity contribution in [2.45, 2.75) is 17.6 Å². The molecule has 1 saturated heterocycles. The molecular formula is C17H14F3N5O8S2. The maximum atomic E-state index is 12.8. The topological polar surface area (TPSA) is 194 Å². The Morgan fingerprint density at radius 1 is 1.37 bits per heavy atom. The molecule has 3 heterocycles. The molecule has 0 saturated carbocycles. The van der Waals surface area contributed by atoms with Gasteiger partial charge in [0.1, 0.15) is 17.1 Å². The third kappa shape index (κ3) is 6.21. The molecule has 1 aromatic heterocycles. The standard InChI is InChI=1S/C17H14F3N5O8S2/c18-17(19,20)2-1-6-4-34-14-10(12(29)25(14)13(6)33-16(30)31)23-11(28)9(24-32-3-8(26)27)7-5-35-15(21)22-7/h1-2,5,10,14H,3-4H2,(H2,21,22)(H,23,28)(H,26,27)(H,30,31)/t10?,14-/m0/s1. The molecule has 18 heteroatoms. The zero-order valence-corrected chi connectivity index (χ0v) is 18.6. The Bertz CT molecular complexity index is 1150. The molecule has 2 atom stereocenters. The van der Waals surface area contributed by atoms with Gasteiger partial charge in [-0.1, -0.05) is 5.16 Å². The normalized spacial score (nSPS) is 20.4. The smallest absolute Gasteiger partial charge is 0.479 e. The quantitative estimate of drug-likeness (QED) is 0.160. The predicted octanol–water partition coefficient (Wildman–Crippen LogP) is 0.955. The van der Waals surface area contributed by atoms with Crippen LogP contribution in [0.4, 0.5) is 23.1 Å². The van der Waals surface area contributed by atoms with Gasteiger partial charge in [0.05, 0.1) is 0 Å². The number of oxime groups is 1. The van der Waals surface area contributed by atoms with Crippen LogP contribution in [0.3, 0.4) is 0 Å². The van der Waals surface area contributed by atoms with Gasteiger partial charge in [-0.05, 0) is 6.08 Å². The molecular weight excluding hydrogens is 523 g/mol. The van der Waals surface area contributed by atoms with Crippen LogP contribution in [0.1, 0.15) is 5.69 Å². The summed E-state index contributed by atoms with van der Waals surface area (Å²) in [5.74, 6) is -4.01. The van der Waals surface area contributed by atoms with Gasteiger partial charge < -0.3 is 30.8 Å². The predicted molar refractivity (Wildman–Crippen MR) is 113 cm³/mol. The molecule has 5 N–H and O–H groups in total. The third-order valence-electron chi connectivity index (χ3n) is 4.21. The number of nitrogens with one attached hydrogen (secondary N) is 1. The number of aliphatic carboxylic acids is 1. The Balaban J connectivity index is 1.81. The monoisotopic (exact) mass is 537 g/mol. The minimum absolute atomic E-state index is 0.0625. The van der Waals surface area contributed by atoms with E-state index in [0.717, 1.165) is 28.0 Å².